The zero-order valence-corrected chi connectivity index (χ0v) is 15.5. The third kappa shape index (κ3) is 5.75. The van der Waals surface area contributed by atoms with Gasteiger partial charge in [0, 0.05) is 5.92 Å². The van der Waals surface area contributed by atoms with E-state index in [0.717, 1.165) is 37.2 Å². The highest BCUT2D eigenvalue weighted by atomic mass is 19.1. The summed E-state index contributed by atoms with van der Waals surface area (Å²) in [6.45, 7) is 2.44. The lowest BCUT2D eigenvalue weighted by atomic mass is 9.76. The van der Waals surface area contributed by atoms with Gasteiger partial charge in [0.2, 0.25) is 0 Å². The largest absolute Gasteiger partial charge is 0.491 e. The summed E-state index contributed by atoms with van der Waals surface area (Å²) in [5, 5.41) is 3.41. The lowest BCUT2D eigenvalue weighted by Crippen LogP contribution is -2.31. The SMILES string of the molecule is FCCOCCOc1ccc(C(c2ccc(F)cc2)C2CCNCC2)cc1. The number of hydrogen-bond acceptors (Lipinski definition) is 3. The first-order valence-corrected chi connectivity index (χ1v) is 9.60. The number of rotatable bonds is 9. The van der Waals surface area contributed by atoms with Crippen LogP contribution in [0.3, 0.4) is 0 Å². The van der Waals surface area contributed by atoms with Crippen molar-refractivity contribution < 1.29 is 18.3 Å². The summed E-state index contributed by atoms with van der Waals surface area (Å²) in [7, 11) is 0. The van der Waals surface area contributed by atoms with Gasteiger partial charge in [-0.15, -0.1) is 0 Å². The van der Waals surface area contributed by atoms with Crippen LogP contribution in [-0.4, -0.2) is 39.6 Å². The van der Waals surface area contributed by atoms with E-state index < -0.39 is 6.67 Å². The molecule has 1 heterocycles. The standard InChI is InChI=1S/C22H27F2NO2/c23-11-14-26-15-16-27-21-7-3-18(4-8-21)22(19-9-12-25-13-10-19)17-1-5-20(24)6-2-17/h1-8,19,22,25H,9-16H2. The van der Waals surface area contributed by atoms with Crippen molar-refractivity contribution in [3.8, 4) is 5.75 Å². The molecule has 1 atom stereocenters. The molecule has 0 aliphatic carbocycles. The van der Waals surface area contributed by atoms with Gasteiger partial charge in [-0.2, -0.15) is 0 Å². The maximum Gasteiger partial charge on any atom is 0.123 e. The van der Waals surface area contributed by atoms with Gasteiger partial charge in [0.05, 0.1) is 13.2 Å². The fourth-order valence-electron chi connectivity index (χ4n) is 3.73. The first-order valence-electron chi connectivity index (χ1n) is 9.60. The van der Waals surface area contributed by atoms with Gasteiger partial charge >= 0.3 is 0 Å². The summed E-state index contributed by atoms with van der Waals surface area (Å²) in [6.07, 6.45) is 2.21. The number of piperidine rings is 1. The maximum absolute atomic E-state index is 13.4. The second-order valence-corrected chi connectivity index (χ2v) is 6.84. The lowest BCUT2D eigenvalue weighted by molar-refractivity contribution is 0.0897. The van der Waals surface area contributed by atoms with Crippen molar-refractivity contribution in [3.63, 3.8) is 0 Å². The Morgan fingerprint density at radius 1 is 0.889 bits per heavy atom. The Bertz CT molecular complexity index is 670. The van der Waals surface area contributed by atoms with Gasteiger partial charge in [0.15, 0.2) is 0 Å². The molecule has 0 radical (unpaired) electrons. The van der Waals surface area contributed by atoms with Crippen LogP contribution < -0.4 is 10.1 Å². The molecule has 1 aliphatic rings. The van der Waals surface area contributed by atoms with E-state index in [-0.39, 0.29) is 18.3 Å². The normalized spacial score (nSPS) is 16.2. The van der Waals surface area contributed by atoms with Crippen LogP contribution in [0.5, 0.6) is 5.75 Å². The summed E-state index contributed by atoms with van der Waals surface area (Å²) in [4.78, 5) is 0. The van der Waals surface area contributed by atoms with Gasteiger partial charge in [-0.3, -0.25) is 0 Å². The monoisotopic (exact) mass is 375 g/mol. The minimum Gasteiger partial charge on any atom is -0.491 e. The molecule has 0 bridgehead atoms. The van der Waals surface area contributed by atoms with Crippen molar-refractivity contribution in [3.05, 3.63) is 65.5 Å². The van der Waals surface area contributed by atoms with E-state index in [1.807, 2.05) is 24.3 Å². The third-order valence-corrected chi connectivity index (χ3v) is 5.04. The van der Waals surface area contributed by atoms with Crippen LogP contribution in [0.4, 0.5) is 8.78 Å². The van der Waals surface area contributed by atoms with Gasteiger partial charge in [-0.25, -0.2) is 8.78 Å². The third-order valence-electron chi connectivity index (χ3n) is 5.04. The molecule has 0 saturated carbocycles. The zero-order valence-electron chi connectivity index (χ0n) is 15.5. The summed E-state index contributed by atoms with van der Waals surface area (Å²) < 4.78 is 36.1. The molecule has 1 fully saturated rings. The molecule has 0 aromatic heterocycles. The number of alkyl halides is 1. The van der Waals surface area contributed by atoms with Crippen molar-refractivity contribution in [2.45, 2.75) is 18.8 Å². The molecule has 146 valence electrons. The second kappa shape index (κ2) is 10.4. The van der Waals surface area contributed by atoms with E-state index >= 15 is 0 Å². The molecule has 2 aromatic rings. The summed E-state index contributed by atoms with van der Waals surface area (Å²) in [5.41, 5.74) is 2.37. The highest BCUT2D eigenvalue weighted by Gasteiger charge is 2.26. The van der Waals surface area contributed by atoms with Crippen molar-refractivity contribution in [2.24, 2.45) is 5.92 Å². The smallest absolute Gasteiger partial charge is 0.123 e. The highest BCUT2D eigenvalue weighted by molar-refractivity contribution is 5.37. The molecular formula is C22H27F2NO2. The topological polar surface area (TPSA) is 30.5 Å². The van der Waals surface area contributed by atoms with Crippen LogP contribution in [0.15, 0.2) is 48.5 Å². The Kier molecular flexibility index (Phi) is 7.60. The number of nitrogens with one attached hydrogen (secondary N) is 1. The molecule has 5 heteroatoms. The molecule has 3 rings (SSSR count). The minimum absolute atomic E-state index is 0.109. The number of hydrogen-bond donors (Lipinski definition) is 1. The Morgan fingerprint density at radius 3 is 2.15 bits per heavy atom. The predicted molar refractivity (Wildman–Crippen MR) is 103 cm³/mol. The Balaban J connectivity index is 1.71. The first kappa shape index (κ1) is 19.8. The Hall–Kier alpha value is -1.98. The molecule has 1 saturated heterocycles. The Labute approximate surface area is 159 Å². The van der Waals surface area contributed by atoms with Crippen LogP contribution in [-0.2, 0) is 4.74 Å². The molecule has 0 spiro atoms. The van der Waals surface area contributed by atoms with Gasteiger partial charge in [-0.05, 0) is 67.2 Å². The van der Waals surface area contributed by atoms with Gasteiger partial charge in [0.25, 0.3) is 0 Å². The molecule has 3 nitrogen and oxygen atoms in total. The van der Waals surface area contributed by atoms with E-state index in [9.17, 15) is 8.78 Å². The van der Waals surface area contributed by atoms with E-state index in [2.05, 4.69) is 17.4 Å². The van der Waals surface area contributed by atoms with Gasteiger partial charge in [-0.1, -0.05) is 24.3 Å². The van der Waals surface area contributed by atoms with E-state index in [1.165, 1.54) is 17.7 Å². The highest BCUT2D eigenvalue weighted by Crippen LogP contribution is 2.37. The number of ether oxygens (including phenoxy) is 2. The minimum atomic E-state index is -0.476. The zero-order chi connectivity index (χ0) is 18.9. The second-order valence-electron chi connectivity index (χ2n) is 6.84. The number of benzene rings is 2. The number of halogens is 2. The first-order chi connectivity index (χ1) is 13.3. The molecule has 27 heavy (non-hydrogen) atoms. The molecule has 1 aliphatic heterocycles. The van der Waals surface area contributed by atoms with Crippen LogP contribution >= 0.6 is 0 Å². The van der Waals surface area contributed by atoms with Crippen LogP contribution in [0, 0.1) is 11.7 Å². The van der Waals surface area contributed by atoms with Crippen molar-refractivity contribution in [2.75, 3.05) is 39.6 Å². The molecular weight excluding hydrogens is 348 g/mol. The van der Waals surface area contributed by atoms with Gasteiger partial charge < -0.3 is 14.8 Å². The fourth-order valence-corrected chi connectivity index (χ4v) is 3.73. The average Bonchev–Trinajstić information content (AvgIpc) is 2.71. The van der Waals surface area contributed by atoms with Crippen LogP contribution in [0.2, 0.25) is 0 Å². The molecule has 1 unspecified atom stereocenters. The lowest BCUT2D eigenvalue weighted by Gasteiger charge is -2.31. The van der Waals surface area contributed by atoms with Crippen molar-refractivity contribution in [1.82, 2.24) is 5.32 Å². The molecule has 1 N–H and O–H groups in total. The summed E-state index contributed by atoms with van der Waals surface area (Å²) in [5.74, 6) is 1.33. The summed E-state index contributed by atoms with van der Waals surface area (Å²) in [6, 6.07) is 15.0. The van der Waals surface area contributed by atoms with E-state index in [4.69, 9.17) is 9.47 Å². The fraction of sp³-hybridized carbons (Fsp3) is 0.455. The van der Waals surface area contributed by atoms with E-state index in [1.54, 1.807) is 0 Å². The molecule has 0 amide bonds. The van der Waals surface area contributed by atoms with Crippen LogP contribution in [0.1, 0.15) is 29.9 Å². The quantitative estimate of drug-likeness (QED) is 0.662. The predicted octanol–water partition coefficient (Wildman–Crippen LogP) is 4.32. The Morgan fingerprint density at radius 2 is 1.52 bits per heavy atom. The average molecular weight is 375 g/mol. The van der Waals surface area contributed by atoms with E-state index in [0.29, 0.717) is 19.1 Å². The van der Waals surface area contributed by atoms with Gasteiger partial charge in [0.1, 0.15) is 24.8 Å². The summed E-state index contributed by atoms with van der Waals surface area (Å²) >= 11 is 0. The van der Waals surface area contributed by atoms with Crippen molar-refractivity contribution in [1.29, 1.82) is 0 Å². The maximum atomic E-state index is 13.4. The van der Waals surface area contributed by atoms with Crippen molar-refractivity contribution >= 4 is 0 Å². The van der Waals surface area contributed by atoms with Crippen LogP contribution in [0.25, 0.3) is 0 Å². The molecule has 2 aromatic carbocycles.